The summed E-state index contributed by atoms with van der Waals surface area (Å²) < 4.78 is 16.3. The van der Waals surface area contributed by atoms with Crippen molar-refractivity contribution in [2.45, 2.75) is 18.3 Å². The van der Waals surface area contributed by atoms with Crippen molar-refractivity contribution in [3.05, 3.63) is 70.8 Å². The lowest BCUT2D eigenvalue weighted by Gasteiger charge is -2.45. The Kier molecular flexibility index (Phi) is 1.96. The number of benzene rings is 2. The number of rotatable bonds is 1. The molecule has 0 amide bonds. The number of halogens is 1. The van der Waals surface area contributed by atoms with Gasteiger partial charge in [-0.1, -0.05) is 64.5 Å². The van der Waals surface area contributed by atoms with E-state index < -0.39 is 5.28 Å². The summed E-state index contributed by atoms with van der Waals surface area (Å²) in [6.07, 6.45) is 0.886. The SMILES string of the molecule is [2H]C([2H])(Br)[C@@H]1CC2c3ccccc3C1c1ccccc12. The highest BCUT2D eigenvalue weighted by atomic mass is 79.9. The van der Waals surface area contributed by atoms with Crippen LogP contribution in [-0.2, 0) is 0 Å². The van der Waals surface area contributed by atoms with Gasteiger partial charge in [-0.15, -0.1) is 0 Å². The molecule has 1 heteroatoms. The summed E-state index contributed by atoms with van der Waals surface area (Å²) in [4.78, 5) is 0. The third-order valence-electron chi connectivity index (χ3n) is 4.45. The Morgan fingerprint density at radius 2 is 1.44 bits per heavy atom. The van der Waals surface area contributed by atoms with Crippen molar-refractivity contribution < 1.29 is 2.74 Å². The summed E-state index contributed by atoms with van der Waals surface area (Å²) in [5.74, 6) is 0.504. The summed E-state index contributed by atoms with van der Waals surface area (Å²) in [6, 6.07) is 17.1. The van der Waals surface area contributed by atoms with E-state index in [2.05, 4.69) is 64.5 Å². The molecule has 0 aromatic heterocycles. The molecule has 0 saturated carbocycles. The highest BCUT2D eigenvalue weighted by Crippen LogP contribution is 2.55. The number of hydrogen-bond acceptors (Lipinski definition) is 0. The van der Waals surface area contributed by atoms with Crippen LogP contribution in [-0.4, -0.2) is 5.28 Å². The molecular weight excluding hydrogens is 284 g/mol. The lowest BCUT2D eigenvalue weighted by molar-refractivity contribution is 0.393. The topological polar surface area (TPSA) is 0 Å². The van der Waals surface area contributed by atoms with Crippen molar-refractivity contribution in [1.82, 2.24) is 0 Å². The van der Waals surface area contributed by atoms with E-state index in [9.17, 15) is 0 Å². The molecule has 0 spiro atoms. The molecule has 0 saturated heterocycles. The van der Waals surface area contributed by atoms with Crippen molar-refractivity contribution in [2.24, 2.45) is 5.92 Å². The van der Waals surface area contributed by atoms with Crippen LogP contribution in [0.5, 0.6) is 0 Å². The van der Waals surface area contributed by atoms with Crippen molar-refractivity contribution in [1.29, 1.82) is 0 Å². The molecular formula is C17H15Br. The van der Waals surface area contributed by atoms with Gasteiger partial charge in [0.05, 0.1) is 0 Å². The average molecular weight is 301 g/mol. The van der Waals surface area contributed by atoms with Crippen LogP contribution in [0.25, 0.3) is 0 Å². The zero-order valence-electron chi connectivity index (χ0n) is 11.9. The van der Waals surface area contributed by atoms with E-state index in [1.807, 2.05) is 0 Å². The van der Waals surface area contributed by atoms with E-state index in [1.54, 1.807) is 0 Å². The predicted molar refractivity (Wildman–Crippen MR) is 78.5 cm³/mol. The fourth-order valence-corrected chi connectivity index (χ4v) is 4.19. The number of fused-ring (bicyclic) bond motifs is 1. The molecule has 2 bridgehead atoms. The van der Waals surface area contributed by atoms with Crippen LogP contribution in [0.3, 0.4) is 0 Å². The highest BCUT2D eigenvalue weighted by molar-refractivity contribution is 9.09. The molecule has 5 rings (SSSR count). The smallest absolute Gasteiger partial charge is 0.0390 e. The largest absolute Gasteiger partial charge is 0.0925 e. The third kappa shape index (κ3) is 1.31. The normalized spacial score (nSPS) is 30.2. The molecule has 1 atom stereocenters. The molecule has 0 nitrogen and oxygen atoms in total. The van der Waals surface area contributed by atoms with Gasteiger partial charge in [0.15, 0.2) is 0 Å². The molecule has 0 radical (unpaired) electrons. The Labute approximate surface area is 119 Å². The van der Waals surface area contributed by atoms with Crippen molar-refractivity contribution >= 4 is 15.9 Å². The molecule has 3 aliphatic carbocycles. The molecule has 18 heavy (non-hydrogen) atoms. The Morgan fingerprint density at radius 3 is 1.94 bits per heavy atom. The monoisotopic (exact) mass is 300 g/mol. The predicted octanol–water partition coefficient (Wildman–Crippen LogP) is 4.68. The van der Waals surface area contributed by atoms with E-state index in [-0.39, 0.29) is 11.8 Å². The standard InChI is InChI=1S/C17H15Br/c18-10-11-9-16-12-5-1-3-7-14(12)17(11)15-8-4-2-6-13(15)16/h1-8,11,16-17H,9-10H2/t11-,16?,17?/m0/s1/i10D2. The van der Waals surface area contributed by atoms with E-state index in [4.69, 9.17) is 2.74 Å². The lowest BCUT2D eigenvalue weighted by Crippen LogP contribution is -2.32. The van der Waals surface area contributed by atoms with Gasteiger partial charge in [-0.3, -0.25) is 0 Å². The summed E-state index contributed by atoms with van der Waals surface area (Å²) in [5.41, 5.74) is 5.42. The van der Waals surface area contributed by atoms with Crippen molar-refractivity contribution in [2.75, 3.05) is 5.28 Å². The van der Waals surface area contributed by atoms with Crippen LogP contribution in [0.15, 0.2) is 48.5 Å². The van der Waals surface area contributed by atoms with Gasteiger partial charge in [0.2, 0.25) is 0 Å². The van der Waals surface area contributed by atoms with Gasteiger partial charge in [0.25, 0.3) is 0 Å². The first kappa shape index (κ1) is 8.92. The van der Waals surface area contributed by atoms with Gasteiger partial charge < -0.3 is 0 Å². The average Bonchev–Trinajstić information content (AvgIpc) is 2.46. The van der Waals surface area contributed by atoms with Crippen LogP contribution in [0.2, 0.25) is 0 Å². The van der Waals surface area contributed by atoms with E-state index in [1.165, 1.54) is 22.3 Å². The molecule has 2 aromatic rings. The lowest BCUT2D eigenvalue weighted by atomic mass is 9.60. The van der Waals surface area contributed by atoms with E-state index >= 15 is 0 Å². The maximum Gasteiger partial charge on any atom is 0.0390 e. The van der Waals surface area contributed by atoms with Crippen LogP contribution in [0, 0.1) is 5.92 Å². The Hall–Kier alpha value is -1.08. The molecule has 0 aliphatic heterocycles. The molecule has 0 unspecified atom stereocenters. The maximum absolute atomic E-state index is 8.15. The minimum Gasteiger partial charge on any atom is -0.0925 e. The quantitative estimate of drug-likeness (QED) is 0.671. The minimum atomic E-state index is -1.32. The van der Waals surface area contributed by atoms with Crippen molar-refractivity contribution in [3.63, 3.8) is 0 Å². The summed E-state index contributed by atoms with van der Waals surface area (Å²) in [5, 5.41) is -1.32. The summed E-state index contributed by atoms with van der Waals surface area (Å²) >= 11 is 3.28. The Bertz CT molecular complexity index is 627. The molecule has 0 heterocycles. The van der Waals surface area contributed by atoms with Gasteiger partial charge >= 0.3 is 0 Å². The van der Waals surface area contributed by atoms with Crippen LogP contribution in [0.4, 0.5) is 0 Å². The van der Waals surface area contributed by atoms with Gasteiger partial charge in [0, 0.05) is 19.9 Å². The van der Waals surface area contributed by atoms with Crippen LogP contribution in [0.1, 0.15) is 43.3 Å². The molecule has 90 valence electrons. The van der Waals surface area contributed by atoms with Crippen LogP contribution >= 0.6 is 15.9 Å². The number of hydrogen-bond donors (Lipinski definition) is 0. The molecule has 3 aliphatic rings. The van der Waals surface area contributed by atoms with Crippen LogP contribution < -0.4 is 0 Å². The molecule has 2 aromatic carbocycles. The third-order valence-corrected chi connectivity index (χ3v) is 5.03. The minimum absolute atomic E-state index is 0.00250. The summed E-state index contributed by atoms with van der Waals surface area (Å²) in [6.45, 7) is 0. The van der Waals surface area contributed by atoms with Crippen molar-refractivity contribution in [3.8, 4) is 0 Å². The summed E-state index contributed by atoms with van der Waals surface area (Å²) in [7, 11) is 0. The van der Waals surface area contributed by atoms with E-state index in [0.29, 0.717) is 5.92 Å². The first-order chi connectivity index (χ1) is 9.57. The highest BCUT2D eigenvalue weighted by Gasteiger charge is 2.42. The zero-order valence-corrected chi connectivity index (χ0v) is 11.5. The van der Waals surface area contributed by atoms with Gasteiger partial charge in [-0.25, -0.2) is 0 Å². The maximum atomic E-state index is 8.15. The molecule has 0 N–H and O–H groups in total. The first-order valence-corrected chi connectivity index (χ1v) is 7.23. The van der Waals surface area contributed by atoms with E-state index in [0.717, 1.165) is 6.42 Å². The second-order valence-electron chi connectivity index (χ2n) is 5.24. The van der Waals surface area contributed by atoms with Gasteiger partial charge in [0.1, 0.15) is 0 Å². The Balaban J connectivity index is 1.98. The first-order valence-electron chi connectivity index (χ1n) is 7.44. The fraction of sp³-hybridized carbons (Fsp3) is 0.294. The van der Waals surface area contributed by atoms with Gasteiger partial charge in [-0.2, -0.15) is 0 Å². The molecule has 0 fully saturated rings. The Morgan fingerprint density at radius 1 is 0.944 bits per heavy atom. The second-order valence-corrected chi connectivity index (χ2v) is 5.70. The second kappa shape index (κ2) is 3.96. The number of alkyl halides is 1. The van der Waals surface area contributed by atoms with Gasteiger partial charge in [-0.05, 0) is 34.6 Å². The fourth-order valence-electron chi connectivity index (χ4n) is 3.74. The zero-order chi connectivity index (χ0) is 13.9.